The smallest absolute Gasteiger partial charge is 0.175 e. The summed E-state index contributed by atoms with van der Waals surface area (Å²) in [4.78, 5) is 9.65. The Morgan fingerprint density at radius 1 is 0.833 bits per heavy atom. The van der Waals surface area contributed by atoms with Gasteiger partial charge in [-0.1, -0.05) is 50.0 Å². The normalized spacial score (nSPS) is 24.9. The van der Waals surface area contributed by atoms with Gasteiger partial charge in [0, 0.05) is 31.7 Å². The molecule has 30 heavy (non-hydrogen) atoms. The summed E-state index contributed by atoms with van der Waals surface area (Å²) in [6, 6.07) is 7.16. The number of rotatable bonds is 12. The first-order valence-corrected chi connectivity index (χ1v) is 12.6. The van der Waals surface area contributed by atoms with E-state index in [2.05, 4.69) is 17.1 Å². The second kappa shape index (κ2) is 9.84. The Hall–Kier alpha value is -2.05. The van der Waals surface area contributed by atoms with Crippen LogP contribution in [-0.2, 0) is 16.3 Å². The van der Waals surface area contributed by atoms with Gasteiger partial charge in [-0.05, 0) is 49.1 Å². The van der Waals surface area contributed by atoms with Crippen molar-refractivity contribution in [1.29, 1.82) is 0 Å². The Morgan fingerprint density at radius 3 is 1.90 bits per heavy atom. The number of hydrogen-bond donors (Lipinski definition) is 1. The predicted octanol–water partition coefficient (Wildman–Crippen LogP) is 4.11. The van der Waals surface area contributed by atoms with E-state index in [-0.39, 0.29) is 17.7 Å². The quantitative estimate of drug-likeness (QED) is 0.509. The Labute approximate surface area is 180 Å². The second-order valence-corrected chi connectivity index (χ2v) is 10.5. The molecular weight excluding hydrogens is 396 g/mol. The number of aliphatic hydroxyl groups excluding tert-OH is 1. The average molecular weight is 429 g/mol. The maximum Gasteiger partial charge on any atom is 0.175 e. The van der Waals surface area contributed by atoms with Crippen LogP contribution in [0.3, 0.4) is 0 Å². The van der Waals surface area contributed by atoms with Crippen molar-refractivity contribution < 1.29 is 13.5 Å². The van der Waals surface area contributed by atoms with Crippen molar-refractivity contribution in [3.8, 4) is 0 Å². The molecule has 162 valence electrons. The van der Waals surface area contributed by atoms with Crippen LogP contribution in [0.1, 0.15) is 50.5 Å². The van der Waals surface area contributed by atoms with Gasteiger partial charge >= 0.3 is 0 Å². The Morgan fingerprint density at radius 2 is 1.40 bits per heavy atom. The molecule has 5 nitrogen and oxygen atoms in total. The summed E-state index contributed by atoms with van der Waals surface area (Å²) in [6.45, 7) is 0.166. The van der Waals surface area contributed by atoms with E-state index < -0.39 is 9.84 Å². The van der Waals surface area contributed by atoms with Crippen molar-refractivity contribution >= 4 is 22.3 Å². The zero-order chi connectivity index (χ0) is 21.5. The molecule has 2 aliphatic rings. The SMILES string of the molecule is CS(=O)(=O)c1ccc(CC2(CCCCCCC3(CCO)C=CC=N3)C=CC=N2)cc1. The van der Waals surface area contributed by atoms with Crippen molar-refractivity contribution in [2.24, 2.45) is 9.98 Å². The second-order valence-electron chi connectivity index (χ2n) is 8.46. The maximum atomic E-state index is 11.7. The van der Waals surface area contributed by atoms with Crippen LogP contribution in [0, 0.1) is 0 Å². The predicted molar refractivity (Wildman–Crippen MR) is 123 cm³/mol. The topological polar surface area (TPSA) is 79.1 Å². The highest BCUT2D eigenvalue weighted by molar-refractivity contribution is 7.90. The van der Waals surface area contributed by atoms with E-state index in [4.69, 9.17) is 4.99 Å². The molecule has 0 fully saturated rings. The van der Waals surface area contributed by atoms with Crippen LogP contribution < -0.4 is 0 Å². The van der Waals surface area contributed by atoms with Gasteiger partial charge in [-0.2, -0.15) is 0 Å². The third-order valence-electron chi connectivity index (χ3n) is 6.02. The van der Waals surface area contributed by atoms with E-state index in [0.29, 0.717) is 11.3 Å². The lowest BCUT2D eigenvalue weighted by Crippen LogP contribution is -2.25. The lowest BCUT2D eigenvalue weighted by atomic mass is 9.86. The highest BCUT2D eigenvalue weighted by atomic mass is 32.2. The molecular formula is C24H32N2O3S. The van der Waals surface area contributed by atoms with E-state index in [9.17, 15) is 13.5 Å². The molecule has 1 aromatic carbocycles. The van der Waals surface area contributed by atoms with Crippen LogP contribution in [-0.4, -0.2) is 49.9 Å². The third-order valence-corrected chi connectivity index (χ3v) is 7.15. The monoisotopic (exact) mass is 428 g/mol. The first kappa shape index (κ1) is 22.6. The summed E-state index contributed by atoms with van der Waals surface area (Å²) in [5, 5.41) is 9.30. The van der Waals surface area contributed by atoms with Crippen molar-refractivity contribution in [3.05, 3.63) is 54.1 Å². The fraction of sp³-hybridized carbons (Fsp3) is 0.500. The van der Waals surface area contributed by atoms with Gasteiger partial charge in [-0.15, -0.1) is 0 Å². The first-order chi connectivity index (χ1) is 14.4. The first-order valence-electron chi connectivity index (χ1n) is 10.7. The highest BCUT2D eigenvalue weighted by Crippen LogP contribution is 2.31. The third kappa shape index (κ3) is 5.99. The number of unbranched alkanes of at least 4 members (excludes halogenated alkanes) is 3. The fourth-order valence-corrected chi connectivity index (χ4v) is 4.92. The van der Waals surface area contributed by atoms with Gasteiger partial charge < -0.3 is 5.11 Å². The molecule has 0 spiro atoms. The minimum absolute atomic E-state index is 0.166. The number of aliphatic imine (C=N–C) groups is 2. The number of sulfone groups is 1. The van der Waals surface area contributed by atoms with Crippen LogP contribution in [0.2, 0.25) is 0 Å². The molecule has 0 bridgehead atoms. The van der Waals surface area contributed by atoms with Gasteiger partial charge in [0.05, 0.1) is 16.0 Å². The molecule has 0 saturated carbocycles. The standard InChI is InChI=1S/C24H32N2O3S/c1-30(28,29)22-10-8-21(9-11-22)20-24(15-7-18-26-24)13-5-3-2-4-12-23(16-19-27)14-6-17-25-23/h6-11,14-15,17-18,27H,2-5,12-13,16,19-20H2,1H3. The molecule has 2 unspecified atom stereocenters. The molecule has 1 N–H and O–H groups in total. The Kier molecular flexibility index (Phi) is 7.42. The zero-order valence-electron chi connectivity index (χ0n) is 17.7. The van der Waals surface area contributed by atoms with Crippen LogP contribution in [0.4, 0.5) is 0 Å². The van der Waals surface area contributed by atoms with Gasteiger partial charge in [0.25, 0.3) is 0 Å². The van der Waals surface area contributed by atoms with Crippen molar-refractivity contribution in [2.45, 2.75) is 67.3 Å². The molecule has 0 amide bonds. The zero-order valence-corrected chi connectivity index (χ0v) is 18.5. The van der Waals surface area contributed by atoms with Crippen molar-refractivity contribution in [2.75, 3.05) is 12.9 Å². The Bertz CT molecular complexity index is 904. The van der Waals surface area contributed by atoms with Crippen molar-refractivity contribution in [3.63, 3.8) is 0 Å². The molecule has 6 heteroatoms. The van der Waals surface area contributed by atoms with Crippen LogP contribution in [0.25, 0.3) is 0 Å². The van der Waals surface area contributed by atoms with Gasteiger partial charge in [0.15, 0.2) is 9.84 Å². The van der Waals surface area contributed by atoms with Gasteiger partial charge in [0.1, 0.15) is 0 Å². The van der Waals surface area contributed by atoms with Gasteiger partial charge in [-0.3, -0.25) is 9.98 Å². The van der Waals surface area contributed by atoms with Crippen LogP contribution in [0.5, 0.6) is 0 Å². The van der Waals surface area contributed by atoms with Crippen LogP contribution in [0.15, 0.2) is 63.4 Å². The lowest BCUT2D eigenvalue weighted by Gasteiger charge is -2.25. The number of aliphatic hydroxyl groups is 1. The lowest BCUT2D eigenvalue weighted by molar-refractivity contribution is 0.252. The summed E-state index contributed by atoms with van der Waals surface area (Å²) < 4.78 is 23.3. The summed E-state index contributed by atoms with van der Waals surface area (Å²) in [5.74, 6) is 0. The fourth-order valence-electron chi connectivity index (χ4n) is 4.29. The average Bonchev–Trinajstić information content (AvgIpc) is 3.35. The number of benzene rings is 1. The van der Waals surface area contributed by atoms with E-state index in [1.165, 1.54) is 6.26 Å². The summed E-state index contributed by atoms with van der Waals surface area (Å²) >= 11 is 0. The molecule has 2 heterocycles. The molecule has 2 atom stereocenters. The van der Waals surface area contributed by atoms with Crippen molar-refractivity contribution in [1.82, 2.24) is 0 Å². The summed E-state index contributed by atoms with van der Waals surface area (Å²) in [7, 11) is -3.17. The summed E-state index contributed by atoms with van der Waals surface area (Å²) in [5.41, 5.74) is 0.693. The number of nitrogens with zero attached hydrogens (tertiary/aromatic N) is 2. The van der Waals surface area contributed by atoms with E-state index in [0.717, 1.165) is 50.5 Å². The van der Waals surface area contributed by atoms with E-state index >= 15 is 0 Å². The molecule has 1 aromatic rings. The van der Waals surface area contributed by atoms with E-state index in [1.807, 2.05) is 36.7 Å². The molecule has 0 radical (unpaired) electrons. The summed E-state index contributed by atoms with van der Waals surface area (Å²) in [6.07, 6.45) is 21.1. The highest BCUT2D eigenvalue weighted by Gasteiger charge is 2.28. The number of allylic oxidation sites excluding steroid dienone is 2. The molecule has 0 aromatic heterocycles. The van der Waals surface area contributed by atoms with Gasteiger partial charge in [0.2, 0.25) is 0 Å². The minimum Gasteiger partial charge on any atom is -0.396 e. The maximum absolute atomic E-state index is 11.7. The van der Waals surface area contributed by atoms with E-state index in [1.54, 1.807) is 12.1 Å². The van der Waals surface area contributed by atoms with Gasteiger partial charge in [-0.25, -0.2) is 8.42 Å². The molecule has 0 saturated heterocycles. The van der Waals surface area contributed by atoms with Crippen LogP contribution >= 0.6 is 0 Å². The molecule has 0 aliphatic carbocycles. The molecule has 2 aliphatic heterocycles. The largest absolute Gasteiger partial charge is 0.396 e. The number of hydrogen-bond acceptors (Lipinski definition) is 5. The molecule has 3 rings (SSSR count). The Balaban J connectivity index is 1.47. The minimum atomic E-state index is -3.17.